The molecule has 270 valence electrons. The van der Waals surface area contributed by atoms with Crippen LogP contribution in [-0.2, 0) is 33.6 Å². The Labute approximate surface area is 276 Å². The molecule has 21 nitrogen and oxygen atoms in total. The molecule has 1 heterocycles. The highest BCUT2D eigenvalue weighted by molar-refractivity contribution is 5.95. The summed E-state index contributed by atoms with van der Waals surface area (Å²) >= 11 is 0. The molecule has 1 aliphatic rings. The van der Waals surface area contributed by atoms with Gasteiger partial charge in [-0.15, -0.1) is 0 Å². The number of carboxylic acid groups (broad SMARTS) is 2. The number of carbonyl (C=O) groups excluding carboxylic acids is 5. The van der Waals surface area contributed by atoms with Gasteiger partial charge in [0, 0.05) is 26.1 Å². The Morgan fingerprint density at radius 1 is 0.812 bits per heavy atom. The number of rotatable bonds is 21. The zero-order chi connectivity index (χ0) is 36.4. The third-order valence-electron chi connectivity index (χ3n) is 7.19. The van der Waals surface area contributed by atoms with Crippen LogP contribution in [0.2, 0.25) is 0 Å². The number of aliphatic carboxylic acids is 2. The van der Waals surface area contributed by atoms with Crippen LogP contribution in [-0.4, -0.2) is 125 Å². The topological polar surface area (TPSA) is 366 Å². The van der Waals surface area contributed by atoms with E-state index in [9.17, 15) is 38.7 Å². The zero-order valence-corrected chi connectivity index (χ0v) is 26.9. The highest BCUT2D eigenvalue weighted by Gasteiger charge is 2.36. The fourth-order valence-corrected chi connectivity index (χ4v) is 4.62. The van der Waals surface area contributed by atoms with Gasteiger partial charge in [0.15, 0.2) is 11.9 Å². The first-order valence-electron chi connectivity index (χ1n) is 15.3. The van der Waals surface area contributed by atoms with Crippen molar-refractivity contribution in [2.24, 2.45) is 38.7 Å². The lowest BCUT2D eigenvalue weighted by Gasteiger charge is -2.27. The summed E-state index contributed by atoms with van der Waals surface area (Å²) in [6.07, 6.45) is 0.787. The maximum Gasteiger partial charge on any atom is 0.326 e. The molecule has 1 rings (SSSR count). The Balaban J connectivity index is 2.86. The van der Waals surface area contributed by atoms with E-state index in [-0.39, 0.29) is 76.5 Å². The van der Waals surface area contributed by atoms with Crippen LogP contribution >= 0.6 is 0 Å². The van der Waals surface area contributed by atoms with Crippen LogP contribution in [0.15, 0.2) is 9.98 Å². The Hall–Kier alpha value is -5.21. The molecule has 0 radical (unpaired) electrons. The maximum atomic E-state index is 13.3. The van der Waals surface area contributed by atoms with Gasteiger partial charge < -0.3 is 65.0 Å². The first-order chi connectivity index (χ1) is 22.5. The van der Waals surface area contributed by atoms with Gasteiger partial charge in [0.25, 0.3) is 0 Å². The number of guanidine groups is 2. The molecule has 21 heteroatoms. The van der Waals surface area contributed by atoms with Crippen LogP contribution < -0.4 is 49.9 Å². The van der Waals surface area contributed by atoms with Gasteiger partial charge in [0.2, 0.25) is 29.5 Å². The first kappa shape index (κ1) is 40.8. The lowest BCUT2D eigenvalue weighted by atomic mass is 10.1. The molecule has 5 amide bonds. The Morgan fingerprint density at radius 2 is 1.40 bits per heavy atom. The molecule has 1 aliphatic heterocycles. The minimum Gasteiger partial charge on any atom is -0.481 e. The fraction of sp³-hybridized carbons (Fsp3) is 0.667. The molecule has 0 bridgehead atoms. The molecule has 0 spiro atoms. The van der Waals surface area contributed by atoms with Crippen LogP contribution in [0.25, 0.3) is 0 Å². The second-order valence-electron chi connectivity index (χ2n) is 11.1. The number of likely N-dealkylation sites (tertiary alicyclic amines) is 1. The third-order valence-corrected chi connectivity index (χ3v) is 7.19. The van der Waals surface area contributed by atoms with Gasteiger partial charge in [0.05, 0.1) is 12.6 Å². The van der Waals surface area contributed by atoms with Gasteiger partial charge in [-0.3, -0.25) is 38.8 Å². The van der Waals surface area contributed by atoms with E-state index in [4.69, 9.17) is 33.8 Å². The predicted octanol–water partition coefficient (Wildman–Crippen LogP) is -5.05. The quantitative estimate of drug-likeness (QED) is 0.0306. The highest BCUT2D eigenvalue weighted by Crippen LogP contribution is 2.18. The van der Waals surface area contributed by atoms with Crippen molar-refractivity contribution in [1.29, 1.82) is 0 Å². The van der Waals surface area contributed by atoms with Crippen LogP contribution in [0, 0.1) is 0 Å². The minimum absolute atomic E-state index is 0.00295. The summed E-state index contributed by atoms with van der Waals surface area (Å²) in [7, 11) is 0. The Morgan fingerprint density at radius 3 is 1.94 bits per heavy atom. The van der Waals surface area contributed by atoms with E-state index < -0.39 is 78.2 Å². The van der Waals surface area contributed by atoms with Crippen molar-refractivity contribution in [2.45, 2.75) is 88.5 Å². The monoisotopic (exact) mass is 684 g/mol. The predicted molar refractivity (Wildman–Crippen MR) is 172 cm³/mol. The van der Waals surface area contributed by atoms with Crippen molar-refractivity contribution in [1.82, 2.24) is 26.2 Å². The van der Waals surface area contributed by atoms with Crippen molar-refractivity contribution >= 4 is 53.4 Å². The second-order valence-corrected chi connectivity index (χ2v) is 11.1. The average Bonchev–Trinajstić information content (AvgIpc) is 3.51. The normalized spacial score (nSPS) is 16.3. The number of nitrogens with one attached hydrogen (secondary N) is 4. The molecule has 0 aromatic heterocycles. The number of nitrogens with zero attached hydrogens (tertiary/aromatic N) is 3. The number of nitrogens with two attached hydrogens (primary N) is 5. The molecule has 0 aromatic rings. The standard InChI is InChI=1S/C27H48N12O9/c1-14(36-22(44)15(28)8-9-20(41)42)21(43)35-13-19(40)39-12-4-7-18(39)24(46)37-16(5-2-10-33-26(29)30)23(45)38-17(25(47)48)6-3-11-34-27(31)32/h14-18H,2-13,28H2,1H3,(H,35,43)(H,36,44)(H,37,46)(H,38,45)(H,41,42)(H,47,48)(H4,29,30,33)(H4,31,32,34)/t14-,15-,16-,17-,18-/m0/s1. The number of carboxylic acids is 2. The summed E-state index contributed by atoms with van der Waals surface area (Å²) in [6.45, 7) is 1.31. The van der Waals surface area contributed by atoms with Gasteiger partial charge in [0.1, 0.15) is 24.2 Å². The van der Waals surface area contributed by atoms with Crippen LogP contribution in [0.4, 0.5) is 0 Å². The maximum absolute atomic E-state index is 13.3. The molecule has 16 N–H and O–H groups in total. The van der Waals surface area contributed by atoms with E-state index in [1.54, 1.807) is 0 Å². The molecule has 1 saturated heterocycles. The molecule has 1 fully saturated rings. The van der Waals surface area contributed by atoms with Gasteiger partial charge in [-0.2, -0.15) is 0 Å². The summed E-state index contributed by atoms with van der Waals surface area (Å²) in [5.41, 5.74) is 26.9. The summed E-state index contributed by atoms with van der Waals surface area (Å²) in [6, 6.07) is -5.73. The summed E-state index contributed by atoms with van der Waals surface area (Å²) in [5.74, 6) is -6.25. The molecule has 5 atom stereocenters. The van der Waals surface area contributed by atoms with E-state index >= 15 is 0 Å². The van der Waals surface area contributed by atoms with Crippen molar-refractivity contribution in [3.05, 3.63) is 0 Å². The summed E-state index contributed by atoms with van der Waals surface area (Å²) < 4.78 is 0. The van der Waals surface area contributed by atoms with E-state index in [1.807, 2.05) is 0 Å². The summed E-state index contributed by atoms with van der Waals surface area (Å²) in [4.78, 5) is 95.5. The average molecular weight is 685 g/mol. The molecular weight excluding hydrogens is 636 g/mol. The van der Waals surface area contributed by atoms with Crippen LogP contribution in [0.3, 0.4) is 0 Å². The molecular formula is C27H48N12O9. The molecule has 0 unspecified atom stereocenters. The number of carbonyl (C=O) groups is 7. The number of aliphatic imine (C=N–C) groups is 2. The van der Waals surface area contributed by atoms with E-state index in [0.717, 1.165) is 0 Å². The van der Waals surface area contributed by atoms with Crippen LogP contribution in [0.1, 0.15) is 58.3 Å². The second kappa shape index (κ2) is 20.8. The smallest absolute Gasteiger partial charge is 0.326 e. The van der Waals surface area contributed by atoms with Gasteiger partial charge in [-0.05, 0) is 51.9 Å². The van der Waals surface area contributed by atoms with Crippen molar-refractivity contribution < 1.29 is 43.8 Å². The Kier molecular flexibility index (Phi) is 17.7. The van der Waals surface area contributed by atoms with Gasteiger partial charge in [-0.1, -0.05) is 0 Å². The van der Waals surface area contributed by atoms with Crippen molar-refractivity contribution in [2.75, 3.05) is 26.2 Å². The fourth-order valence-electron chi connectivity index (χ4n) is 4.62. The molecule has 48 heavy (non-hydrogen) atoms. The highest BCUT2D eigenvalue weighted by atomic mass is 16.4. The van der Waals surface area contributed by atoms with E-state index in [1.165, 1.54) is 11.8 Å². The number of hydrogen-bond acceptors (Lipinski definition) is 10. The molecule has 0 aromatic carbocycles. The van der Waals surface area contributed by atoms with Gasteiger partial charge >= 0.3 is 11.9 Å². The Bertz CT molecular complexity index is 1220. The number of hydrogen-bond donors (Lipinski definition) is 11. The zero-order valence-electron chi connectivity index (χ0n) is 26.9. The van der Waals surface area contributed by atoms with Gasteiger partial charge in [-0.25, -0.2) is 4.79 Å². The lowest BCUT2D eigenvalue weighted by molar-refractivity contribution is -0.143. The minimum atomic E-state index is -1.30. The van der Waals surface area contributed by atoms with Crippen LogP contribution in [0.5, 0.6) is 0 Å². The number of amides is 5. The molecule has 0 saturated carbocycles. The van der Waals surface area contributed by atoms with E-state index in [2.05, 4.69) is 31.3 Å². The third kappa shape index (κ3) is 15.4. The molecule has 0 aliphatic carbocycles. The van der Waals surface area contributed by atoms with Crippen molar-refractivity contribution in [3.63, 3.8) is 0 Å². The van der Waals surface area contributed by atoms with Crippen molar-refractivity contribution in [3.8, 4) is 0 Å². The SMILES string of the molecule is C[C@H](NC(=O)[C@@H](N)CCC(=O)O)C(=O)NCC(=O)N1CCC[C@H]1C(=O)N[C@@H](CCCN=C(N)N)C(=O)N[C@@H](CCCN=C(N)N)C(=O)O. The first-order valence-corrected chi connectivity index (χ1v) is 15.3. The summed E-state index contributed by atoms with van der Waals surface area (Å²) in [5, 5.41) is 28.1. The van der Waals surface area contributed by atoms with E-state index in [0.29, 0.717) is 6.42 Å². The lowest BCUT2D eigenvalue weighted by Crippen LogP contribution is -2.56. The largest absolute Gasteiger partial charge is 0.481 e.